The van der Waals surface area contributed by atoms with Gasteiger partial charge in [0.1, 0.15) is 10.6 Å². The van der Waals surface area contributed by atoms with Gasteiger partial charge in [-0.25, -0.2) is 4.79 Å². The van der Waals surface area contributed by atoms with E-state index in [9.17, 15) is 19.5 Å². The Morgan fingerprint density at radius 3 is 2.41 bits per heavy atom. The lowest BCUT2D eigenvalue weighted by atomic mass is 9.82. The molecule has 1 aromatic heterocycles. The number of hydrogen-bond donors (Lipinski definition) is 2. The van der Waals surface area contributed by atoms with Gasteiger partial charge in [0.25, 0.3) is 0 Å². The number of aliphatic carboxylic acids is 1. The molecule has 2 aromatic rings. The smallest absolute Gasteiger partial charge is 0.341 e. The van der Waals surface area contributed by atoms with Crippen LogP contribution >= 0.6 is 11.3 Å². The molecule has 140 valence electrons. The molecule has 0 saturated carbocycles. The van der Waals surface area contributed by atoms with Crippen LogP contribution in [-0.4, -0.2) is 30.1 Å². The van der Waals surface area contributed by atoms with Gasteiger partial charge < -0.3 is 15.2 Å². The van der Waals surface area contributed by atoms with Crippen LogP contribution in [0.1, 0.15) is 23.2 Å². The zero-order chi connectivity index (χ0) is 19.4. The number of benzene rings is 1. The molecule has 7 heteroatoms. The Balaban J connectivity index is 1.92. The standard InChI is InChI=1S/C20H19NO5S/c1-26-20(25)16-15(12-7-3-2-4-8-12)11-27-18(16)21-17(22)13-9-5-6-10-14(13)19(23)24/h2-8,11,13-14H,9-10H2,1H3,(H,21,22)(H,23,24)/t13-,14-/m1/s1. The first kappa shape index (κ1) is 18.8. The van der Waals surface area contributed by atoms with Crippen LogP contribution in [0.25, 0.3) is 11.1 Å². The molecule has 1 aliphatic rings. The molecule has 0 radical (unpaired) electrons. The quantitative estimate of drug-likeness (QED) is 0.603. The molecule has 2 N–H and O–H groups in total. The van der Waals surface area contributed by atoms with Crippen LogP contribution in [0.3, 0.4) is 0 Å². The van der Waals surface area contributed by atoms with Gasteiger partial charge in [-0.15, -0.1) is 11.3 Å². The van der Waals surface area contributed by atoms with E-state index in [1.165, 1.54) is 18.4 Å². The molecule has 0 saturated heterocycles. The van der Waals surface area contributed by atoms with Gasteiger partial charge >= 0.3 is 11.9 Å². The Morgan fingerprint density at radius 2 is 1.78 bits per heavy atom. The molecular weight excluding hydrogens is 366 g/mol. The summed E-state index contributed by atoms with van der Waals surface area (Å²) >= 11 is 1.22. The molecule has 1 heterocycles. The Kier molecular flexibility index (Phi) is 5.71. The summed E-state index contributed by atoms with van der Waals surface area (Å²) in [7, 11) is 1.28. The number of esters is 1. The Morgan fingerprint density at radius 1 is 1.11 bits per heavy atom. The van der Waals surface area contributed by atoms with Gasteiger partial charge in [0.2, 0.25) is 5.91 Å². The molecule has 1 aromatic carbocycles. The van der Waals surface area contributed by atoms with E-state index in [4.69, 9.17) is 4.74 Å². The highest BCUT2D eigenvalue weighted by atomic mass is 32.1. The Bertz CT molecular complexity index is 887. The molecule has 1 aliphatic carbocycles. The monoisotopic (exact) mass is 385 g/mol. The minimum Gasteiger partial charge on any atom is -0.481 e. The van der Waals surface area contributed by atoms with Crippen molar-refractivity contribution in [2.24, 2.45) is 11.8 Å². The van der Waals surface area contributed by atoms with Crippen molar-refractivity contribution in [1.82, 2.24) is 0 Å². The van der Waals surface area contributed by atoms with Crippen molar-refractivity contribution in [3.63, 3.8) is 0 Å². The van der Waals surface area contributed by atoms with Crippen LogP contribution in [-0.2, 0) is 14.3 Å². The highest BCUT2D eigenvalue weighted by Gasteiger charge is 2.35. The molecule has 27 heavy (non-hydrogen) atoms. The number of carboxylic acid groups (broad SMARTS) is 1. The zero-order valence-electron chi connectivity index (χ0n) is 14.7. The van der Waals surface area contributed by atoms with E-state index in [1.54, 1.807) is 11.5 Å². The van der Waals surface area contributed by atoms with Crippen molar-refractivity contribution in [3.8, 4) is 11.1 Å². The molecule has 6 nitrogen and oxygen atoms in total. The molecule has 0 fully saturated rings. The van der Waals surface area contributed by atoms with Gasteiger partial charge in [-0.05, 0) is 18.4 Å². The van der Waals surface area contributed by atoms with E-state index >= 15 is 0 Å². The van der Waals surface area contributed by atoms with E-state index in [0.717, 1.165) is 5.56 Å². The Labute approximate surface area is 160 Å². The maximum absolute atomic E-state index is 12.7. The number of allylic oxidation sites excluding steroid dienone is 2. The molecule has 0 unspecified atom stereocenters. The van der Waals surface area contributed by atoms with Crippen LogP contribution in [0, 0.1) is 11.8 Å². The largest absolute Gasteiger partial charge is 0.481 e. The first-order valence-corrected chi connectivity index (χ1v) is 9.34. The SMILES string of the molecule is COC(=O)c1c(-c2ccccc2)csc1NC(=O)[C@@H]1CC=CC[C@H]1C(=O)O. The third-order valence-corrected chi connectivity index (χ3v) is 5.48. The summed E-state index contributed by atoms with van der Waals surface area (Å²) < 4.78 is 4.89. The lowest BCUT2D eigenvalue weighted by molar-refractivity contribution is -0.146. The summed E-state index contributed by atoms with van der Waals surface area (Å²) in [6, 6.07) is 9.33. The number of methoxy groups -OCH3 is 1. The second-order valence-corrected chi connectivity index (χ2v) is 7.07. The van der Waals surface area contributed by atoms with Crippen LogP contribution in [0.5, 0.6) is 0 Å². The predicted octanol–water partition coefficient (Wildman–Crippen LogP) is 3.81. The number of ether oxygens (including phenoxy) is 1. The van der Waals surface area contributed by atoms with Crippen molar-refractivity contribution in [3.05, 3.63) is 53.4 Å². The highest BCUT2D eigenvalue weighted by Crippen LogP contribution is 2.37. The highest BCUT2D eigenvalue weighted by molar-refractivity contribution is 7.15. The van der Waals surface area contributed by atoms with E-state index < -0.39 is 29.7 Å². The second-order valence-electron chi connectivity index (χ2n) is 6.19. The number of carboxylic acids is 1. The summed E-state index contributed by atoms with van der Waals surface area (Å²) in [5, 5.41) is 14.3. The lowest BCUT2D eigenvalue weighted by Crippen LogP contribution is -2.34. The van der Waals surface area contributed by atoms with Crippen molar-refractivity contribution < 1.29 is 24.2 Å². The molecule has 2 atom stereocenters. The van der Waals surface area contributed by atoms with Crippen LogP contribution in [0.4, 0.5) is 5.00 Å². The number of rotatable bonds is 5. The molecular formula is C20H19NO5S. The molecule has 3 rings (SSSR count). The number of carbonyl (C=O) groups is 3. The number of anilines is 1. The third-order valence-electron chi connectivity index (χ3n) is 4.59. The summed E-state index contributed by atoms with van der Waals surface area (Å²) in [6.45, 7) is 0. The van der Waals surface area contributed by atoms with Crippen molar-refractivity contribution >= 4 is 34.2 Å². The lowest BCUT2D eigenvalue weighted by Gasteiger charge is -2.24. The van der Waals surface area contributed by atoms with E-state index in [0.29, 0.717) is 23.4 Å². The number of nitrogens with one attached hydrogen (secondary N) is 1. The van der Waals surface area contributed by atoms with Gasteiger partial charge in [0.05, 0.1) is 18.9 Å². The molecule has 1 amide bonds. The molecule has 0 aliphatic heterocycles. The third kappa shape index (κ3) is 3.93. The maximum atomic E-state index is 12.7. The summed E-state index contributed by atoms with van der Waals surface area (Å²) in [4.78, 5) is 36.5. The normalized spacial score (nSPS) is 18.7. The van der Waals surface area contributed by atoms with Crippen LogP contribution < -0.4 is 5.32 Å². The first-order chi connectivity index (χ1) is 13.0. The molecule has 0 bridgehead atoms. The number of carbonyl (C=O) groups excluding carboxylic acids is 2. The minimum atomic E-state index is -0.996. The van der Waals surface area contributed by atoms with Gasteiger partial charge in [-0.2, -0.15) is 0 Å². The minimum absolute atomic E-state index is 0.278. The average molecular weight is 385 g/mol. The fourth-order valence-corrected chi connectivity index (χ4v) is 4.13. The zero-order valence-corrected chi connectivity index (χ0v) is 15.5. The topological polar surface area (TPSA) is 92.7 Å². The summed E-state index contributed by atoms with van der Waals surface area (Å²) in [5.41, 5.74) is 1.78. The fourth-order valence-electron chi connectivity index (χ4n) is 3.17. The van der Waals surface area contributed by atoms with Gasteiger partial charge in [-0.1, -0.05) is 42.5 Å². The van der Waals surface area contributed by atoms with Gasteiger partial charge in [0.15, 0.2) is 0 Å². The maximum Gasteiger partial charge on any atom is 0.341 e. The average Bonchev–Trinajstić information content (AvgIpc) is 3.11. The van der Waals surface area contributed by atoms with Gasteiger partial charge in [0, 0.05) is 10.9 Å². The number of amides is 1. The van der Waals surface area contributed by atoms with E-state index in [2.05, 4.69) is 5.32 Å². The molecule has 0 spiro atoms. The van der Waals surface area contributed by atoms with Crippen molar-refractivity contribution in [2.45, 2.75) is 12.8 Å². The second kappa shape index (κ2) is 8.18. The van der Waals surface area contributed by atoms with E-state index in [-0.39, 0.29) is 5.56 Å². The summed E-state index contributed by atoms with van der Waals surface area (Å²) in [5.74, 6) is -3.41. The van der Waals surface area contributed by atoms with Gasteiger partial charge in [-0.3, -0.25) is 9.59 Å². The Hall–Kier alpha value is -2.93. The number of hydrogen-bond acceptors (Lipinski definition) is 5. The van der Waals surface area contributed by atoms with Crippen LogP contribution in [0.15, 0.2) is 47.9 Å². The van der Waals surface area contributed by atoms with Crippen LogP contribution in [0.2, 0.25) is 0 Å². The predicted molar refractivity (Wildman–Crippen MR) is 103 cm³/mol. The summed E-state index contributed by atoms with van der Waals surface area (Å²) in [6.07, 6.45) is 4.26. The number of thiophene rings is 1. The van der Waals surface area contributed by atoms with Crippen molar-refractivity contribution in [1.29, 1.82) is 0 Å². The van der Waals surface area contributed by atoms with E-state index in [1.807, 2.05) is 36.4 Å². The van der Waals surface area contributed by atoms with Crippen molar-refractivity contribution in [2.75, 3.05) is 12.4 Å². The fraction of sp³-hybridized carbons (Fsp3) is 0.250. The first-order valence-electron chi connectivity index (χ1n) is 8.46.